The number of carboxylic acid groups (broad SMARTS) is 1. The van der Waals surface area contributed by atoms with E-state index in [4.69, 9.17) is 20.4 Å². The zero-order valence-corrected chi connectivity index (χ0v) is 6.99. The molecule has 0 bridgehead atoms. The second-order valence-electron chi connectivity index (χ2n) is 1.98. The van der Waals surface area contributed by atoms with Gasteiger partial charge in [-0.2, -0.15) is 0 Å². The molecule has 0 amide bonds. The minimum absolute atomic E-state index is 0.147. The average Bonchev–Trinajstić information content (AvgIpc) is 2.03. The fourth-order valence-corrected chi connectivity index (χ4v) is 1.02. The number of aliphatic carboxylic acids is 1. The largest absolute Gasteiger partial charge is 0.501 e. The number of hydrogen-bond donors (Lipinski definition) is 4. The number of aliphatic hydroxyl groups is 3. The first-order chi connectivity index (χ1) is 5.57. The van der Waals surface area contributed by atoms with Crippen LogP contribution in [0.1, 0.15) is 0 Å². The molecule has 5 nitrogen and oxygen atoms in total. The van der Waals surface area contributed by atoms with Gasteiger partial charge in [-0.25, -0.2) is 4.79 Å². The van der Waals surface area contributed by atoms with E-state index in [0.29, 0.717) is 0 Å². The maximum Gasteiger partial charge on any atom is 0.371 e. The van der Waals surface area contributed by atoms with Crippen molar-refractivity contribution in [3.05, 3.63) is 11.2 Å². The maximum absolute atomic E-state index is 10.0. The van der Waals surface area contributed by atoms with Crippen LogP contribution in [0.15, 0.2) is 11.2 Å². The summed E-state index contributed by atoms with van der Waals surface area (Å²) in [5.74, 6) is -2.04. The van der Waals surface area contributed by atoms with Crippen molar-refractivity contribution < 1.29 is 25.2 Å². The van der Waals surface area contributed by atoms with E-state index in [-0.39, 0.29) is 12.4 Å². The Labute approximate surface area is 73.3 Å². The van der Waals surface area contributed by atoms with Gasteiger partial charge in [-0.05, 0) is 0 Å². The van der Waals surface area contributed by atoms with E-state index >= 15 is 0 Å². The van der Waals surface area contributed by atoms with Crippen LogP contribution >= 0.6 is 11.8 Å². The molecule has 0 aromatic heterocycles. The first-order valence-electron chi connectivity index (χ1n) is 3.11. The zero-order valence-electron chi connectivity index (χ0n) is 6.17. The molecular formula is C6H10O5S. The molecule has 0 saturated carbocycles. The molecule has 1 atom stereocenters. The van der Waals surface area contributed by atoms with Crippen molar-refractivity contribution in [1.29, 1.82) is 0 Å². The first kappa shape index (κ1) is 11.3. The van der Waals surface area contributed by atoms with Gasteiger partial charge in [0.1, 0.15) is 0 Å². The Bertz CT molecular complexity index is 179. The van der Waals surface area contributed by atoms with Crippen LogP contribution < -0.4 is 0 Å². The van der Waals surface area contributed by atoms with Gasteiger partial charge in [-0.3, -0.25) is 0 Å². The lowest BCUT2D eigenvalue weighted by atomic mass is 10.4. The van der Waals surface area contributed by atoms with Gasteiger partial charge in [0.2, 0.25) is 5.76 Å². The van der Waals surface area contributed by atoms with Gasteiger partial charge in [0.25, 0.3) is 0 Å². The molecule has 6 heteroatoms. The Morgan fingerprint density at radius 3 is 2.50 bits per heavy atom. The molecule has 0 aliphatic carbocycles. The van der Waals surface area contributed by atoms with E-state index in [0.717, 1.165) is 17.2 Å². The summed E-state index contributed by atoms with van der Waals surface area (Å²) in [6, 6.07) is 0. The molecule has 0 aliphatic rings. The molecule has 0 spiro atoms. The van der Waals surface area contributed by atoms with E-state index < -0.39 is 17.8 Å². The monoisotopic (exact) mass is 194 g/mol. The molecule has 0 aliphatic heterocycles. The highest BCUT2D eigenvalue weighted by atomic mass is 32.2. The van der Waals surface area contributed by atoms with E-state index in [1.807, 2.05) is 0 Å². The van der Waals surface area contributed by atoms with Crippen molar-refractivity contribution in [2.24, 2.45) is 0 Å². The van der Waals surface area contributed by atoms with Crippen molar-refractivity contribution in [3.8, 4) is 0 Å². The Kier molecular flexibility index (Phi) is 5.52. The summed E-state index contributed by atoms with van der Waals surface area (Å²) >= 11 is 0.919. The summed E-state index contributed by atoms with van der Waals surface area (Å²) in [5, 5.41) is 34.9. The topological polar surface area (TPSA) is 98.0 Å². The molecule has 70 valence electrons. The van der Waals surface area contributed by atoms with Crippen molar-refractivity contribution in [2.45, 2.75) is 6.10 Å². The lowest BCUT2D eigenvalue weighted by Crippen LogP contribution is -2.14. The molecule has 1 unspecified atom stereocenters. The third-order valence-corrected chi connectivity index (χ3v) is 1.88. The van der Waals surface area contributed by atoms with Crippen molar-refractivity contribution in [2.75, 3.05) is 12.4 Å². The second kappa shape index (κ2) is 5.87. The van der Waals surface area contributed by atoms with Crippen LogP contribution in [0, 0.1) is 0 Å². The van der Waals surface area contributed by atoms with E-state index in [9.17, 15) is 4.79 Å². The summed E-state index contributed by atoms with van der Waals surface area (Å²) in [6.07, 6.45) is -0.896. The normalized spacial score (nSPS) is 14.3. The molecule has 0 fully saturated rings. The van der Waals surface area contributed by atoms with Gasteiger partial charge in [-0.1, -0.05) is 0 Å². The molecule has 0 rings (SSSR count). The lowest BCUT2D eigenvalue weighted by molar-refractivity contribution is -0.135. The zero-order chi connectivity index (χ0) is 9.56. The van der Waals surface area contributed by atoms with E-state index in [1.54, 1.807) is 0 Å². The molecule has 4 N–H and O–H groups in total. The standard InChI is InChI=1S/C6H10O5S/c7-1-4(8)2-12-3-5(9)6(10)11/h3-4,7-9H,1-2H2,(H,10,11)/b5-3-. The highest BCUT2D eigenvalue weighted by Gasteiger charge is 2.04. The quantitative estimate of drug-likeness (QED) is 0.350. The molecular weight excluding hydrogens is 184 g/mol. The lowest BCUT2D eigenvalue weighted by Gasteiger charge is -2.02. The van der Waals surface area contributed by atoms with Gasteiger partial charge in [0.05, 0.1) is 12.7 Å². The van der Waals surface area contributed by atoms with Crippen LogP contribution in [0.4, 0.5) is 0 Å². The van der Waals surface area contributed by atoms with Crippen molar-refractivity contribution in [1.82, 2.24) is 0 Å². The molecule has 0 heterocycles. The Morgan fingerprint density at radius 1 is 1.50 bits per heavy atom. The number of carboxylic acids is 1. The highest BCUT2D eigenvalue weighted by molar-refractivity contribution is 8.02. The van der Waals surface area contributed by atoms with Crippen LogP contribution in [0.3, 0.4) is 0 Å². The summed E-state index contributed by atoms with van der Waals surface area (Å²) in [4.78, 5) is 10.0. The minimum Gasteiger partial charge on any atom is -0.501 e. The number of aliphatic hydroxyl groups excluding tert-OH is 3. The number of hydrogen-bond acceptors (Lipinski definition) is 5. The van der Waals surface area contributed by atoms with Crippen LogP contribution in [0.2, 0.25) is 0 Å². The van der Waals surface area contributed by atoms with Gasteiger partial charge in [-0.15, -0.1) is 11.8 Å². The molecule has 0 aromatic rings. The predicted octanol–water partition coefficient (Wildman–Crippen LogP) is -0.443. The SMILES string of the molecule is O=C(O)/C(O)=C/SCC(O)CO. The predicted molar refractivity (Wildman–Crippen MR) is 43.9 cm³/mol. The summed E-state index contributed by atoms with van der Waals surface area (Å²) in [6.45, 7) is -0.380. The van der Waals surface area contributed by atoms with Gasteiger partial charge in [0, 0.05) is 11.2 Å². The average molecular weight is 194 g/mol. The third-order valence-electron chi connectivity index (χ3n) is 0.913. The number of thioether (sulfide) groups is 1. The Morgan fingerprint density at radius 2 is 2.08 bits per heavy atom. The maximum atomic E-state index is 10.0. The van der Waals surface area contributed by atoms with Crippen LogP contribution in [-0.4, -0.2) is 44.9 Å². The molecule has 0 aromatic carbocycles. The van der Waals surface area contributed by atoms with Crippen molar-refractivity contribution in [3.63, 3.8) is 0 Å². The summed E-state index contributed by atoms with van der Waals surface area (Å²) in [5.41, 5.74) is 0. The number of carbonyl (C=O) groups is 1. The van der Waals surface area contributed by atoms with Gasteiger partial charge in [0.15, 0.2) is 0 Å². The second-order valence-corrected chi connectivity index (χ2v) is 2.88. The Balaban J connectivity index is 3.67. The molecule has 0 radical (unpaired) electrons. The first-order valence-corrected chi connectivity index (χ1v) is 4.15. The van der Waals surface area contributed by atoms with Gasteiger partial charge >= 0.3 is 5.97 Å². The fraction of sp³-hybridized carbons (Fsp3) is 0.500. The number of rotatable bonds is 5. The summed E-state index contributed by atoms with van der Waals surface area (Å²) < 4.78 is 0. The highest BCUT2D eigenvalue weighted by Crippen LogP contribution is 2.07. The van der Waals surface area contributed by atoms with Crippen LogP contribution in [0.5, 0.6) is 0 Å². The van der Waals surface area contributed by atoms with E-state index in [2.05, 4.69) is 0 Å². The summed E-state index contributed by atoms with van der Waals surface area (Å²) in [7, 11) is 0. The Hall–Kier alpha value is -0.720. The fourth-order valence-electron chi connectivity index (χ4n) is 0.341. The van der Waals surface area contributed by atoms with Crippen LogP contribution in [0.25, 0.3) is 0 Å². The van der Waals surface area contributed by atoms with Crippen LogP contribution in [-0.2, 0) is 4.79 Å². The van der Waals surface area contributed by atoms with Crippen molar-refractivity contribution >= 4 is 17.7 Å². The van der Waals surface area contributed by atoms with E-state index in [1.165, 1.54) is 0 Å². The molecule has 12 heavy (non-hydrogen) atoms. The molecule has 0 saturated heterocycles. The third kappa shape index (κ3) is 5.00. The van der Waals surface area contributed by atoms with Gasteiger partial charge < -0.3 is 20.4 Å². The minimum atomic E-state index is -1.42. The smallest absolute Gasteiger partial charge is 0.371 e.